The maximum Gasteiger partial charge on any atom is 0.0653 e. The minimum atomic E-state index is 0. The first-order valence-corrected chi connectivity index (χ1v) is 27.4. The smallest absolute Gasteiger partial charge is 0.0653 e. The van der Waals surface area contributed by atoms with Crippen LogP contribution in [0.25, 0.3) is 11.1 Å². The minimum Gasteiger partial charge on any atom is -0.640 e. The molecule has 0 radical (unpaired) electrons. The maximum atomic E-state index is 2.46. The molecule has 0 saturated carbocycles. The van der Waals surface area contributed by atoms with Crippen LogP contribution in [0, 0.1) is 0 Å². The summed E-state index contributed by atoms with van der Waals surface area (Å²) in [5, 5.41) is 0. The van der Waals surface area contributed by atoms with Gasteiger partial charge in [0.05, 0.1) is 16.9 Å². The zero-order valence-electron chi connectivity index (χ0n) is 27.5. The Bertz CT molecular complexity index is 1680. The molecule has 10 rings (SSSR count). The van der Waals surface area contributed by atoms with Crippen LogP contribution in [0.3, 0.4) is 0 Å². The van der Waals surface area contributed by atoms with E-state index in [9.17, 15) is 0 Å². The van der Waals surface area contributed by atoms with E-state index in [0.717, 1.165) is 0 Å². The molecule has 0 aromatic heterocycles. The van der Waals surface area contributed by atoms with Gasteiger partial charge in [-0.1, -0.05) is 68.5 Å². The topological polar surface area (TPSA) is 0 Å². The first-order valence-electron chi connectivity index (χ1n) is 17.0. The quantitative estimate of drug-likeness (QED) is 0.212. The van der Waals surface area contributed by atoms with E-state index in [0.29, 0.717) is 0 Å². The molecule has 0 N–H and O–H groups in total. The van der Waals surface area contributed by atoms with Gasteiger partial charge in [-0.25, -0.2) is 23.5 Å². The van der Waals surface area contributed by atoms with Crippen molar-refractivity contribution in [2.24, 2.45) is 0 Å². The van der Waals surface area contributed by atoms with Crippen LogP contribution in [0.1, 0.15) is 62.5 Å². The zero-order chi connectivity index (χ0) is 33.3. The van der Waals surface area contributed by atoms with Crippen molar-refractivity contribution >= 4 is 152 Å². The maximum absolute atomic E-state index is 2.46. The average Bonchev–Trinajstić information content (AvgIpc) is 4.00. The van der Waals surface area contributed by atoms with E-state index < -0.39 is 0 Å². The Morgan fingerprint density at radius 3 is 1.29 bits per heavy atom. The zero-order valence-corrected chi connectivity index (χ0v) is 38.4. The summed E-state index contributed by atoms with van der Waals surface area (Å²) in [6.45, 7) is 0. The van der Waals surface area contributed by atoms with Crippen molar-refractivity contribution in [2.45, 2.75) is 51.4 Å². The van der Waals surface area contributed by atoms with Gasteiger partial charge in [-0.2, -0.15) is 12.1 Å². The summed E-state index contributed by atoms with van der Waals surface area (Å²) in [4.78, 5) is 6.57. The van der Waals surface area contributed by atoms with Crippen LogP contribution in [-0.2, 0) is 17.1 Å². The van der Waals surface area contributed by atoms with Gasteiger partial charge in [-0.05, 0) is 75.2 Å². The number of rotatable bonds is 4. The average molecular weight is 931 g/mol. The molecule has 6 heterocycles. The Morgan fingerprint density at radius 1 is 0.510 bits per heavy atom. The molecule has 2 aromatic carbocycles. The fourth-order valence-corrected chi connectivity index (χ4v) is 23.9. The van der Waals surface area contributed by atoms with Crippen LogP contribution in [0.15, 0.2) is 114 Å². The fourth-order valence-electron chi connectivity index (χ4n) is 6.29. The second-order valence-corrected chi connectivity index (χ2v) is 27.3. The van der Waals surface area contributed by atoms with Gasteiger partial charge >= 0.3 is 0 Å². The van der Waals surface area contributed by atoms with Gasteiger partial charge in [0.15, 0.2) is 0 Å². The number of allylic oxidation sites excluding steroid dienone is 8. The van der Waals surface area contributed by atoms with Crippen LogP contribution in [-0.4, -0.2) is 23.0 Å². The summed E-state index contributed by atoms with van der Waals surface area (Å²) in [7, 11) is 0. The van der Waals surface area contributed by atoms with Gasteiger partial charge in [0.2, 0.25) is 0 Å². The molecule has 0 fully saturated rings. The molecular weight excluding hydrogens is 897 g/mol. The predicted octanol–water partition coefficient (Wildman–Crippen LogP) is 16.5. The minimum absolute atomic E-state index is 0. The Hall–Kier alpha value is 1.34. The van der Waals surface area contributed by atoms with Gasteiger partial charge in [0.25, 0.3) is 0 Å². The van der Waals surface area contributed by atoms with E-state index in [2.05, 4.69) is 60.7 Å². The second-order valence-electron chi connectivity index (χ2n) is 12.1. The summed E-state index contributed by atoms with van der Waals surface area (Å²) in [5.74, 6) is 5.01. The molecule has 0 saturated heterocycles. The Morgan fingerprint density at radius 2 is 0.882 bits per heavy atom. The third-order valence-corrected chi connectivity index (χ3v) is 25.7. The molecule has 0 nitrogen and oxygen atoms in total. The molecule has 51 heavy (non-hydrogen) atoms. The number of hydrogen-bond donors (Lipinski definition) is 0. The molecule has 0 bridgehead atoms. The molecule has 0 unspecified atom stereocenters. The van der Waals surface area contributed by atoms with Crippen molar-refractivity contribution in [1.29, 1.82) is 0 Å². The van der Waals surface area contributed by atoms with Gasteiger partial charge in [0.1, 0.15) is 0 Å². The molecular formula is C38H34FeS12-6. The molecule has 2 aliphatic carbocycles. The molecule has 0 spiro atoms. The largest absolute Gasteiger partial charge is 0.640 e. The monoisotopic (exact) mass is 930 g/mol. The standard InChI is InChI=1S/2C19H17S6.Fe/c2*1-2-6-12(5-1)13(17-22-14-7-3-4-8-15(14)23-17)11-16-24-18-19(25-16)21-10-9-20-18;/h2*1-2,5-6,11H,3-4,7-10H2;/q-5;-1;. The SMILES string of the molecule is C(=C1SC2=C(SCCS2)S1)C(=C1SC2=C(CCCC2)S1)[c-]1[cH-][cH-][cH-][cH-]1.C(=C1SC2=C(SCCS2)S1)C(=C1SC2=C(CCCC2)S1)[c-]1cccc1.[Fe]. The Balaban J connectivity index is 0.000000144. The third kappa shape index (κ3) is 9.39. The van der Waals surface area contributed by atoms with Gasteiger partial charge in [-0.3, -0.25) is 4.24 Å². The number of hydrogen-bond acceptors (Lipinski definition) is 12. The summed E-state index contributed by atoms with van der Waals surface area (Å²) in [5.41, 5.74) is 5.60. The molecule has 13 heteroatoms. The summed E-state index contributed by atoms with van der Waals surface area (Å²) in [6.07, 6.45) is 15.5. The van der Waals surface area contributed by atoms with Gasteiger partial charge in [-0.15, -0.1) is 82.7 Å². The first kappa shape index (κ1) is 39.2. The van der Waals surface area contributed by atoms with E-state index in [1.807, 2.05) is 141 Å². The Kier molecular flexibility index (Phi) is 14.4. The summed E-state index contributed by atoms with van der Waals surface area (Å²) >= 11 is 24.3. The number of thioether (sulfide) groups is 12. The molecule has 2 aromatic rings. The second kappa shape index (κ2) is 18.7. The Labute approximate surface area is 364 Å². The van der Waals surface area contributed by atoms with E-state index >= 15 is 0 Å². The molecule has 8 aliphatic rings. The third-order valence-electron chi connectivity index (χ3n) is 8.72. The molecule has 272 valence electrons. The van der Waals surface area contributed by atoms with Crippen molar-refractivity contribution in [2.75, 3.05) is 23.0 Å². The van der Waals surface area contributed by atoms with Crippen molar-refractivity contribution in [1.82, 2.24) is 0 Å². The van der Waals surface area contributed by atoms with Crippen LogP contribution in [0.4, 0.5) is 0 Å². The van der Waals surface area contributed by atoms with Crippen molar-refractivity contribution < 1.29 is 17.1 Å². The molecule has 6 aliphatic heterocycles. The molecule has 0 amide bonds. The van der Waals surface area contributed by atoms with E-state index in [1.165, 1.54) is 131 Å². The van der Waals surface area contributed by atoms with Gasteiger partial charge < -0.3 is 41.5 Å². The van der Waals surface area contributed by atoms with E-state index in [-0.39, 0.29) is 17.1 Å². The van der Waals surface area contributed by atoms with Crippen LogP contribution >= 0.6 is 141 Å². The first-order chi connectivity index (χ1) is 24.7. The van der Waals surface area contributed by atoms with Crippen molar-refractivity contribution in [3.8, 4) is 0 Å². The van der Waals surface area contributed by atoms with Crippen LogP contribution < -0.4 is 0 Å². The molecule has 0 atom stereocenters. The van der Waals surface area contributed by atoms with Crippen molar-refractivity contribution in [3.05, 3.63) is 125 Å². The van der Waals surface area contributed by atoms with Crippen molar-refractivity contribution in [3.63, 3.8) is 0 Å². The normalized spacial score (nSPS) is 22.7. The fraction of sp³-hybridized carbons (Fsp3) is 0.316. The van der Waals surface area contributed by atoms with Crippen LogP contribution in [0.2, 0.25) is 0 Å². The van der Waals surface area contributed by atoms with E-state index in [4.69, 9.17) is 0 Å². The summed E-state index contributed by atoms with van der Waals surface area (Å²) < 4.78 is 12.0. The summed E-state index contributed by atoms with van der Waals surface area (Å²) in [6, 6.07) is 17.7. The van der Waals surface area contributed by atoms with Crippen LogP contribution in [0.5, 0.6) is 0 Å². The van der Waals surface area contributed by atoms with Gasteiger partial charge in [0, 0.05) is 44.3 Å². The predicted molar refractivity (Wildman–Crippen MR) is 250 cm³/mol. The van der Waals surface area contributed by atoms with E-state index in [1.54, 1.807) is 19.6 Å².